The molecule has 1 saturated heterocycles. The van der Waals surface area contributed by atoms with Gasteiger partial charge in [0.15, 0.2) is 15.6 Å². The predicted molar refractivity (Wildman–Crippen MR) is 180 cm³/mol. The Morgan fingerprint density at radius 3 is 2.02 bits per heavy atom. The summed E-state index contributed by atoms with van der Waals surface area (Å²) in [4.78, 5) is 68.6. The molecule has 3 saturated carbocycles. The first-order valence-corrected chi connectivity index (χ1v) is 19.4. The smallest absolute Gasteiger partial charge is 0.315 e. The summed E-state index contributed by atoms with van der Waals surface area (Å²) in [5.74, 6) is -2.20. The van der Waals surface area contributed by atoms with E-state index in [2.05, 4.69) is 29.8 Å². The number of hydrogen-bond acceptors (Lipinski definition) is 7. The van der Waals surface area contributed by atoms with Crippen LogP contribution in [0.5, 0.6) is 0 Å². The Hall–Kier alpha value is -2.50. The maximum absolute atomic E-state index is 14.5. The SMILES string of the molecule is CC(=O)C(=O)C(CC1CCC1)NC(=O)[C@@H]1C2C(CN1C(=O)[C@@H](NC(=O)N[C@H](CS(=O)(=O)C(C)(C)C)C(C)C)C1CCCCC1)C2(C)C. The van der Waals surface area contributed by atoms with Crippen molar-refractivity contribution in [3.05, 3.63) is 0 Å². The van der Waals surface area contributed by atoms with Crippen molar-refractivity contribution in [2.75, 3.05) is 12.3 Å². The lowest BCUT2D eigenvalue weighted by atomic mass is 9.79. The van der Waals surface area contributed by atoms with Gasteiger partial charge in [-0.05, 0) is 75.0 Å². The van der Waals surface area contributed by atoms with Gasteiger partial charge in [0.1, 0.15) is 12.1 Å². The normalized spacial score (nSPS) is 26.4. The van der Waals surface area contributed by atoms with Crippen LogP contribution in [0, 0.1) is 35.0 Å². The second kappa shape index (κ2) is 14.2. The molecular weight excluding hydrogens is 620 g/mol. The quantitative estimate of drug-likeness (QED) is 0.250. The average Bonchev–Trinajstić information content (AvgIpc) is 3.26. The van der Waals surface area contributed by atoms with Crippen molar-refractivity contribution in [1.82, 2.24) is 20.9 Å². The van der Waals surface area contributed by atoms with Gasteiger partial charge >= 0.3 is 6.03 Å². The minimum absolute atomic E-state index is 0.100. The Labute approximate surface area is 281 Å². The zero-order chi connectivity index (χ0) is 35.1. The fourth-order valence-corrected chi connectivity index (χ4v) is 9.32. The van der Waals surface area contributed by atoms with Crippen molar-refractivity contribution in [1.29, 1.82) is 0 Å². The number of piperidine rings is 1. The maximum atomic E-state index is 14.5. The Bertz CT molecular complexity index is 1330. The summed E-state index contributed by atoms with van der Waals surface area (Å²) in [5, 5.41) is 8.68. The highest BCUT2D eigenvalue weighted by Crippen LogP contribution is 2.65. The Balaban J connectivity index is 1.55. The van der Waals surface area contributed by atoms with Gasteiger partial charge in [0.2, 0.25) is 17.6 Å². The van der Waals surface area contributed by atoms with Gasteiger partial charge in [-0.25, -0.2) is 13.2 Å². The van der Waals surface area contributed by atoms with E-state index >= 15 is 0 Å². The van der Waals surface area contributed by atoms with Crippen LogP contribution in [0.15, 0.2) is 0 Å². The molecule has 11 nitrogen and oxygen atoms in total. The topological polar surface area (TPSA) is 159 Å². The number of amides is 4. The van der Waals surface area contributed by atoms with E-state index in [0.717, 1.165) is 51.4 Å². The lowest BCUT2D eigenvalue weighted by molar-refractivity contribution is -0.144. The van der Waals surface area contributed by atoms with Crippen LogP contribution in [0.3, 0.4) is 0 Å². The average molecular weight is 679 g/mol. The maximum Gasteiger partial charge on any atom is 0.315 e. The number of urea groups is 1. The van der Waals surface area contributed by atoms with E-state index in [0.29, 0.717) is 13.0 Å². The second-order valence-corrected chi connectivity index (χ2v) is 19.4. The van der Waals surface area contributed by atoms with Gasteiger partial charge in [-0.2, -0.15) is 0 Å². The highest BCUT2D eigenvalue weighted by Gasteiger charge is 2.69. The summed E-state index contributed by atoms with van der Waals surface area (Å²) in [6, 6.07) is -3.88. The van der Waals surface area contributed by atoms with E-state index in [1.807, 2.05) is 13.8 Å². The standard InChI is InChI=1S/C35H58N4O7S/c1-20(2)26(19-47(45,46)34(4,5)6)37-33(44)38-28(23-15-10-9-11-16-23)32(43)39-18-24-27(35(24,7)8)29(39)31(42)36-25(30(41)21(3)40)17-22-13-12-14-22/h20,22-29H,9-19H2,1-8H3,(H,36,42)(H2,37,38,44)/t24?,25?,26-,27?,28+,29+/m1/s1. The van der Waals surface area contributed by atoms with Crippen molar-refractivity contribution < 1.29 is 32.4 Å². The summed E-state index contributed by atoms with van der Waals surface area (Å²) in [5.41, 5.74) is -0.166. The first kappa shape index (κ1) is 37.3. The van der Waals surface area contributed by atoms with Crippen LogP contribution in [0.1, 0.15) is 113 Å². The van der Waals surface area contributed by atoms with Gasteiger partial charge in [-0.15, -0.1) is 0 Å². The number of Topliss-reactive ketones (excluding diaryl/α,β-unsaturated/α-hetero) is 2. The third-order valence-corrected chi connectivity index (χ3v) is 14.3. The van der Waals surface area contributed by atoms with Gasteiger partial charge in [0.05, 0.1) is 16.5 Å². The van der Waals surface area contributed by atoms with Crippen molar-refractivity contribution >= 4 is 39.2 Å². The number of sulfone groups is 1. The number of nitrogens with zero attached hydrogens (tertiary/aromatic N) is 1. The summed E-state index contributed by atoms with van der Waals surface area (Å²) in [6.45, 7) is 14.4. The van der Waals surface area contributed by atoms with E-state index in [1.54, 1.807) is 25.7 Å². The molecule has 0 radical (unpaired) electrons. The van der Waals surface area contributed by atoms with Crippen LogP contribution in [0.4, 0.5) is 4.79 Å². The molecule has 4 rings (SSSR count). The van der Waals surface area contributed by atoms with Gasteiger partial charge in [-0.3, -0.25) is 19.2 Å². The molecule has 12 heteroatoms. The minimum Gasteiger partial charge on any atom is -0.344 e. The van der Waals surface area contributed by atoms with Crippen LogP contribution >= 0.6 is 0 Å². The molecule has 4 fully saturated rings. The van der Waals surface area contributed by atoms with Gasteiger partial charge in [0, 0.05) is 19.5 Å². The third-order valence-electron chi connectivity index (χ3n) is 11.7. The molecule has 3 N–H and O–H groups in total. The molecular formula is C35H58N4O7S. The number of hydrogen-bond donors (Lipinski definition) is 3. The molecule has 1 heterocycles. The van der Waals surface area contributed by atoms with E-state index in [9.17, 15) is 32.4 Å². The van der Waals surface area contributed by atoms with Gasteiger partial charge in [0.25, 0.3) is 0 Å². The summed E-state index contributed by atoms with van der Waals surface area (Å²) >= 11 is 0. The fraction of sp³-hybridized carbons (Fsp3) is 0.857. The summed E-state index contributed by atoms with van der Waals surface area (Å²) in [7, 11) is -3.53. The zero-order valence-electron chi connectivity index (χ0n) is 29.7. The molecule has 0 aromatic rings. The molecule has 0 bridgehead atoms. The Morgan fingerprint density at radius 2 is 1.51 bits per heavy atom. The zero-order valence-corrected chi connectivity index (χ0v) is 30.5. The number of carbonyl (C=O) groups is 5. The lowest BCUT2D eigenvalue weighted by Crippen LogP contribution is -2.61. The van der Waals surface area contributed by atoms with Crippen LogP contribution < -0.4 is 16.0 Å². The van der Waals surface area contributed by atoms with Crippen molar-refractivity contribution in [3.8, 4) is 0 Å². The van der Waals surface area contributed by atoms with Crippen LogP contribution in [0.25, 0.3) is 0 Å². The van der Waals surface area contributed by atoms with Crippen LogP contribution in [-0.4, -0.2) is 83.9 Å². The largest absolute Gasteiger partial charge is 0.344 e. The van der Waals surface area contributed by atoms with E-state index in [-0.39, 0.29) is 46.7 Å². The first-order chi connectivity index (χ1) is 21.8. The van der Waals surface area contributed by atoms with Crippen molar-refractivity contribution in [3.63, 3.8) is 0 Å². The number of likely N-dealkylation sites (tertiary alicyclic amines) is 1. The summed E-state index contributed by atoms with van der Waals surface area (Å²) in [6.07, 6.45) is 7.79. The first-order valence-electron chi connectivity index (χ1n) is 17.7. The number of nitrogens with one attached hydrogen (secondary N) is 3. The highest BCUT2D eigenvalue weighted by atomic mass is 32.2. The van der Waals surface area contributed by atoms with Crippen LogP contribution in [0.2, 0.25) is 0 Å². The molecule has 47 heavy (non-hydrogen) atoms. The lowest BCUT2D eigenvalue weighted by Gasteiger charge is -2.37. The van der Waals surface area contributed by atoms with Crippen LogP contribution in [-0.2, 0) is 29.0 Å². The van der Waals surface area contributed by atoms with E-state index in [4.69, 9.17) is 0 Å². The number of carbonyl (C=O) groups excluding carboxylic acids is 5. The molecule has 0 aromatic heterocycles. The van der Waals surface area contributed by atoms with Gasteiger partial charge < -0.3 is 20.9 Å². The molecule has 0 aromatic carbocycles. The van der Waals surface area contributed by atoms with E-state index in [1.165, 1.54) is 6.92 Å². The fourth-order valence-electron chi connectivity index (χ4n) is 7.87. The van der Waals surface area contributed by atoms with E-state index < -0.39 is 62.3 Å². The summed E-state index contributed by atoms with van der Waals surface area (Å²) < 4.78 is 25.0. The molecule has 3 aliphatic carbocycles. The highest BCUT2D eigenvalue weighted by molar-refractivity contribution is 7.92. The second-order valence-electron chi connectivity index (χ2n) is 16.6. The Morgan fingerprint density at radius 1 is 0.894 bits per heavy atom. The predicted octanol–water partition coefficient (Wildman–Crippen LogP) is 3.79. The molecule has 1 aliphatic heterocycles. The monoisotopic (exact) mass is 678 g/mol. The molecule has 6 atom stereocenters. The van der Waals surface area contributed by atoms with Crippen molar-refractivity contribution in [2.45, 2.75) is 142 Å². The van der Waals surface area contributed by atoms with Gasteiger partial charge in [-0.1, -0.05) is 66.2 Å². The number of ketones is 2. The Kier molecular flexibility index (Phi) is 11.2. The third kappa shape index (κ3) is 8.21. The molecule has 3 unspecified atom stereocenters. The molecule has 266 valence electrons. The van der Waals surface area contributed by atoms with Crippen molar-refractivity contribution in [2.24, 2.45) is 35.0 Å². The molecule has 4 aliphatic rings. The number of rotatable bonds is 13. The molecule has 4 amide bonds. The molecule has 0 spiro atoms. The minimum atomic E-state index is -3.53. The number of fused-ring (bicyclic) bond motifs is 1.